The number of furan rings is 1. The lowest BCUT2D eigenvalue weighted by Gasteiger charge is -2.08. The van der Waals surface area contributed by atoms with Crippen LogP contribution in [0.15, 0.2) is 86.7 Å². The SMILES string of the molecule is O=C(Nc1ccc(S(=O)(=O)Nc2ccccn2)cc1)c1cc2cc(Br)ccc2o1. The van der Waals surface area contributed by atoms with E-state index in [1.165, 1.54) is 30.5 Å². The Balaban J connectivity index is 1.49. The molecule has 146 valence electrons. The number of aromatic nitrogens is 1. The van der Waals surface area contributed by atoms with E-state index in [2.05, 4.69) is 31.0 Å². The van der Waals surface area contributed by atoms with E-state index in [1.54, 1.807) is 30.3 Å². The molecule has 0 bridgehead atoms. The van der Waals surface area contributed by atoms with Gasteiger partial charge in [0.1, 0.15) is 11.4 Å². The number of carbonyl (C=O) groups excluding carboxylic acids is 1. The number of benzene rings is 2. The zero-order chi connectivity index (χ0) is 20.4. The third-order valence-electron chi connectivity index (χ3n) is 4.03. The molecule has 0 atom stereocenters. The number of pyridine rings is 1. The van der Waals surface area contributed by atoms with Crippen molar-refractivity contribution in [3.63, 3.8) is 0 Å². The summed E-state index contributed by atoms with van der Waals surface area (Å²) >= 11 is 3.38. The topological polar surface area (TPSA) is 101 Å². The van der Waals surface area contributed by atoms with E-state index in [9.17, 15) is 13.2 Å². The van der Waals surface area contributed by atoms with E-state index in [0.717, 1.165) is 9.86 Å². The molecule has 7 nitrogen and oxygen atoms in total. The van der Waals surface area contributed by atoms with Crippen LogP contribution in [0.1, 0.15) is 10.6 Å². The number of hydrogen-bond donors (Lipinski definition) is 2. The van der Waals surface area contributed by atoms with Gasteiger partial charge in [-0.05, 0) is 60.7 Å². The summed E-state index contributed by atoms with van der Waals surface area (Å²) in [6, 6.07) is 17.8. The van der Waals surface area contributed by atoms with Gasteiger partial charge in [-0.15, -0.1) is 0 Å². The first-order chi connectivity index (χ1) is 13.9. The Kier molecular flexibility index (Phi) is 5.08. The number of anilines is 2. The van der Waals surface area contributed by atoms with Crippen LogP contribution in [0.4, 0.5) is 11.5 Å². The highest BCUT2D eigenvalue weighted by molar-refractivity contribution is 9.10. The van der Waals surface area contributed by atoms with Crippen LogP contribution in [-0.4, -0.2) is 19.3 Å². The van der Waals surface area contributed by atoms with E-state index in [1.807, 2.05) is 12.1 Å². The summed E-state index contributed by atoms with van der Waals surface area (Å²) in [5.74, 6) is -0.0486. The average molecular weight is 472 g/mol. The minimum absolute atomic E-state index is 0.0507. The van der Waals surface area contributed by atoms with Crippen molar-refractivity contribution in [2.75, 3.05) is 10.0 Å². The second kappa shape index (κ2) is 7.69. The first-order valence-electron chi connectivity index (χ1n) is 8.45. The van der Waals surface area contributed by atoms with Gasteiger partial charge in [-0.3, -0.25) is 9.52 Å². The predicted octanol–water partition coefficient (Wildman–Crippen LogP) is 4.64. The monoisotopic (exact) mass is 471 g/mol. The molecule has 0 aliphatic carbocycles. The Labute approximate surface area is 174 Å². The minimum atomic E-state index is -3.78. The van der Waals surface area contributed by atoms with Crippen LogP contribution in [0, 0.1) is 0 Å². The van der Waals surface area contributed by atoms with Crippen molar-refractivity contribution in [3.8, 4) is 0 Å². The van der Waals surface area contributed by atoms with Gasteiger partial charge < -0.3 is 9.73 Å². The maximum atomic E-state index is 12.4. The second-order valence-corrected chi connectivity index (χ2v) is 8.69. The molecule has 4 rings (SSSR count). The predicted molar refractivity (Wildman–Crippen MR) is 113 cm³/mol. The van der Waals surface area contributed by atoms with E-state index < -0.39 is 15.9 Å². The molecule has 0 unspecified atom stereocenters. The van der Waals surface area contributed by atoms with E-state index in [-0.39, 0.29) is 16.5 Å². The van der Waals surface area contributed by atoms with Gasteiger partial charge in [0, 0.05) is 21.7 Å². The molecule has 0 aliphatic heterocycles. The molecule has 29 heavy (non-hydrogen) atoms. The first kappa shape index (κ1) is 19.2. The van der Waals surface area contributed by atoms with Crippen LogP contribution in [0.2, 0.25) is 0 Å². The van der Waals surface area contributed by atoms with Crippen molar-refractivity contribution in [1.29, 1.82) is 0 Å². The van der Waals surface area contributed by atoms with Gasteiger partial charge >= 0.3 is 0 Å². The highest BCUT2D eigenvalue weighted by Crippen LogP contribution is 2.24. The molecule has 0 saturated heterocycles. The lowest BCUT2D eigenvalue weighted by molar-refractivity contribution is 0.0998. The van der Waals surface area contributed by atoms with Crippen molar-refractivity contribution >= 4 is 54.3 Å². The standard InChI is InChI=1S/C20H14BrN3O4S/c21-14-4-9-17-13(11-14)12-18(28-17)20(25)23-15-5-7-16(8-6-15)29(26,27)24-19-3-1-2-10-22-19/h1-12H,(H,22,24)(H,23,25). The fourth-order valence-electron chi connectivity index (χ4n) is 2.66. The summed E-state index contributed by atoms with van der Waals surface area (Å²) in [6.07, 6.45) is 1.49. The Morgan fingerprint density at radius 1 is 1.00 bits per heavy atom. The summed E-state index contributed by atoms with van der Waals surface area (Å²) in [5, 5.41) is 3.49. The number of nitrogens with one attached hydrogen (secondary N) is 2. The number of nitrogens with zero attached hydrogens (tertiary/aromatic N) is 1. The Morgan fingerprint density at radius 2 is 1.79 bits per heavy atom. The summed E-state index contributed by atoms with van der Waals surface area (Å²) in [5.41, 5.74) is 1.04. The summed E-state index contributed by atoms with van der Waals surface area (Å²) in [6.45, 7) is 0. The maximum absolute atomic E-state index is 12.4. The fourth-order valence-corrected chi connectivity index (χ4v) is 4.04. The second-order valence-electron chi connectivity index (χ2n) is 6.09. The maximum Gasteiger partial charge on any atom is 0.291 e. The van der Waals surface area contributed by atoms with Crippen molar-refractivity contribution in [2.24, 2.45) is 0 Å². The Hall–Kier alpha value is -3.17. The Bertz CT molecular complexity index is 1290. The number of sulfonamides is 1. The fraction of sp³-hybridized carbons (Fsp3) is 0. The quantitative estimate of drug-likeness (QED) is 0.441. The molecule has 0 saturated carbocycles. The van der Waals surface area contributed by atoms with Crippen molar-refractivity contribution in [1.82, 2.24) is 4.98 Å². The third-order valence-corrected chi connectivity index (χ3v) is 5.89. The zero-order valence-corrected chi connectivity index (χ0v) is 17.2. The first-order valence-corrected chi connectivity index (χ1v) is 10.7. The van der Waals surface area contributed by atoms with Gasteiger partial charge in [0.2, 0.25) is 0 Å². The van der Waals surface area contributed by atoms with Crippen LogP contribution in [0.5, 0.6) is 0 Å². The van der Waals surface area contributed by atoms with Gasteiger partial charge in [-0.1, -0.05) is 22.0 Å². The van der Waals surface area contributed by atoms with Gasteiger partial charge in [0.25, 0.3) is 15.9 Å². The molecule has 9 heteroatoms. The van der Waals surface area contributed by atoms with E-state index in [0.29, 0.717) is 11.3 Å². The van der Waals surface area contributed by atoms with E-state index in [4.69, 9.17) is 4.42 Å². The molecule has 2 heterocycles. The van der Waals surface area contributed by atoms with Gasteiger partial charge in [-0.2, -0.15) is 0 Å². The molecule has 0 aliphatic rings. The normalized spacial score (nSPS) is 11.3. The Morgan fingerprint density at radius 3 is 2.52 bits per heavy atom. The van der Waals surface area contributed by atoms with Gasteiger partial charge in [0.05, 0.1) is 4.90 Å². The van der Waals surface area contributed by atoms with Crippen molar-refractivity contribution in [2.45, 2.75) is 4.90 Å². The van der Waals surface area contributed by atoms with Crippen LogP contribution < -0.4 is 10.0 Å². The molecular formula is C20H14BrN3O4S. The molecule has 2 aromatic heterocycles. The molecule has 4 aromatic rings. The number of amides is 1. The number of hydrogen-bond acceptors (Lipinski definition) is 5. The van der Waals surface area contributed by atoms with Crippen molar-refractivity contribution in [3.05, 3.63) is 83.2 Å². The molecule has 0 radical (unpaired) electrons. The largest absolute Gasteiger partial charge is 0.451 e. The average Bonchev–Trinajstić information content (AvgIpc) is 3.12. The van der Waals surface area contributed by atoms with Crippen LogP contribution >= 0.6 is 15.9 Å². The lowest BCUT2D eigenvalue weighted by atomic mass is 10.2. The van der Waals surface area contributed by atoms with Gasteiger partial charge in [0.15, 0.2) is 5.76 Å². The number of fused-ring (bicyclic) bond motifs is 1. The van der Waals surface area contributed by atoms with Crippen LogP contribution in [0.25, 0.3) is 11.0 Å². The summed E-state index contributed by atoms with van der Waals surface area (Å²) in [7, 11) is -3.78. The third kappa shape index (κ3) is 4.30. The molecule has 2 aromatic carbocycles. The zero-order valence-electron chi connectivity index (χ0n) is 14.8. The highest BCUT2D eigenvalue weighted by atomic mass is 79.9. The number of halogens is 1. The smallest absolute Gasteiger partial charge is 0.291 e. The van der Waals surface area contributed by atoms with Crippen LogP contribution in [-0.2, 0) is 10.0 Å². The summed E-state index contributed by atoms with van der Waals surface area (Å²) in [4.78, 5) is 16.4. The molecular weight excluding hydrogens is 458 g/mol. The van der Waals surface area contributed by atoms with E-state index >= 15 is 0 Å². The number of carbonyl (C=O) groups is 1. The highest BCUT2D eigenvalue weighted by Gasteiger charge is 2.16. The molecule has 0 fully saturated rings. The number of rotatable bonds is 5. The minimum Gasteiger partial charge on any atom is -0.451 e. The summed E-state index contributed by atoms with van der Waals surface area (Å²) < 4.78 is 33.7. The lowest BCUT2D eigenvalue weighted by Crippen LogP contribution is -2.14. The molecule has 2 N–H and O–H groups in total. The molecule has 1 amide bonds. The van der Waals surface area contributed by atoms with Crippen LogP contribution in [0.3, 0.4) is 0 Å². The molecule has 0 spiro atoms. The van der Waals surface area contributed by atoms with Crippen molar-refractivity contribution < 1.29 is 17.6 Å². The van der Waals surface area contributed by atoms with Gasteiger partial charge in [-0.25, -0.2) is 13.4 Å².